The number of hydrogen-bond acceptors (Lipinski definition) is 4. The Balaban J connectivity index is 2.95. The van der Waals surface area contributed by atoms with Gasteiger partial charge in [-0.25, -0.2) is 0 Å². The van der Waals surface area contributed by atoms with E-state index in [9.17, 15) is 5.11 Å². The topological polar surface area (TPSA) is 56.5 Å². The molecule has 0 aliphatic rings. The maximum atomic E-state index is 10.4. The Hall–Kier alpha value is -0.430. The van der Waals surface area contributed by atoms with Crippen LogP contribution in [0.15, 0.2) is 10.7 Å². The number of aliphatic hydroxyl groups excluding tert-OH is 1. The Morgan fingerprint density at radius 1 is 1.44 bits per heavy atom. The standard InChI is InChI=1S/C12H21BrN2O3/c1-8(2)12(18-4)11(16)10-9(13)7-14-15(10)5-6-17-3/h7-8,11-12,16H,5-6H2,1-4H3. The second kappa shape index (κ2) is 7.23. The molecule has 1 aromatic heterocycles. The van der Waals surface area contributed by atoms with E-state index < -0.39 is 6.10 Å². The maximum absolute atomic E-state index is 10.4. The van der Waals surface area contributed by atoms with Gasteiger partial charge in [-0.2, -0.15) is 5.10 Å². The fourth-order valence-corrected chi connectivity index (χ4v) is 2.47. The summed E-state index contributed by atoms with van der Waals surface area (Å²) in [6.45, 7) is 5.18. The minimum absolute atomic E-state index is 0.211. The van der Waals surface area contributed by atoms with Crippen molar-refractivity contribution >= 4 is 15.9 Å². The van der Waals surface area contributed by atoms with Gasteiger partial charge in [-0.15, -0.1) is 0 Å². The second-order valence-corrected chi connectivity index (χ2v) is 5.34. The maximum Gasteiger partial charge on any atom is 0.123 e. The van der Waals surface area contributed by atoms with Gasteiger partial charge in [0.05, 0.1) is 35.6 Å². The van der Waals surface area contributed by atoms with Crippen LogP contribution in [0.3, 0.4) is 0 Å². The van der Waals surface area contributed by atoms with E-state index >= 15 is 0 Å². The Kier molecular flexibility index (Phi) is 6.28. The highest BCUT2D eigenvalue weighted by molar-refractivity contribution is 9.10. The molecule has 0 bridgehead atoms. The summed E-state index contributed by atoms with van der Waals surface area (Å²) in [5.41, 5.74) is 0.729. The van der Waals surface area contributed by atoms with Crippen LogP contribution in [-0.2, 0) is 16.0 Å². The lowest BCUT2D eigenvalue weighted by Gasteiger charge is -2.25. The highest BCUT2D eigenvalue weighted by atomic mass is 79.9. The largest absolute Gasteiger partial charge is 0.384 e. The summed E-state index contributed by atoms with van der Waals surface area (Å²) in [6, 6.07) is 0. The molecule has 18 heavy (non-hydrogen) atoms. The predicted octanol–water partition coefficient (Wildman–Crippen LogP) is 2.00. The number of aliphatic hydroxyl groups is 1. The molecule has 0 fully saturated rings. The molecule has 1 rings (SSSR count). The molecule has 0 aliphatic heterocycles. The molecule has 5 nitrogen and oxygen atoms in total. The van der Waals surface area contributed by atoms with Crippen molar-refractivity contribution in [3.8, 4) is 0 Å². The number of nitrogens with zero attached hydrogens (tertiary/aromatic N) is 2. The summed E-state index contributed by atoms with van der Waals surface area (Å²) in [4.78, 5) is 0. The Bertz CT molecular complexity index is 368. The quantitative estimate of drug-likeness (QED) is 0.834. The van der Waals surface area contributed by atoms with Crippen molar-refractivity contribution in [2.75, 3.05) is 20.8 Å². The molecule has 1 heterocycles. The summed E-state index contributed by atoms with van der Waals surface area (Å²) >= 11 is 3.42. The first-order valence-electron chi connectivity index (χ1n) is 5.93. The predicted molar refractivity (Wildman–Crippen MR) is 72.4 cm³/mol. The van der Waals surface area contributed by atoms with Crippen molar-refractivity contribution in [3.05, 3.63) is 16.4 Å². The average molecular weight is 321 g/mol. The Labute approximate surface area is 116 Å². The van der Waals surface area contributed by atoms with Crippen LogP contribution >= 0.6 is 15.9 Å². The fraction of sp³-hybridized carbons (Fsp3) is 0.750. The summed E-state index contributed by atoms with van der Waals surface area (Å²) in [5.74, 6) is 0.211. The molecule has 0 spiro atoms. The number of hydrogen-bond donors (Lipinski definition) is 1. The normalized spacial score (nSPS) is 15.1. The lowest BCUT2D eigenvalue weighted by molar-refractivity contribution is -0.0434. The zero-order valence-corrected chi connectivity index (χ0v) is 12.8. The molecule has 0 aromatic carbocycles. The third-order valence-electron chi connectivity index (χ3n) is 2.86. The third kappa shape index (κ3) is 3.54. The molecule has 2 atom stereocenters. The summed E-state index contributed by atoms with van der Waals surface area (Å²) in [7, 11) is 3.25. The summed E-state index contributed by atoms with van der Waals surface area (Å²) < 4.78 is 12.9. The summed E-state index contributed by atoms with van der Waals surface area (Å²) in [5, 5.41) is 14.7. The van der Waals surface area contributed by atoms with Gasteiger partial charge in [0, 0.05) is 14.2 Å². The molecule has 0 saturated carbocycles. The van der Waals surface area contributed by atoms with Crippen LogP contribution in [0.2, 0.25) is 0 Å². The summed E-state index contributed by atoms with van der Waals surface area (Å²) in [6.07, 6.45) is 0.698. The zero-order valence-electron chi connectivity index (χ0n) is 11.3. The van der Waals surface area contributed by atoms with Gasteiger partial charge in [0.1, 0.15) is 6.10 Å². The average Bonchev–Trinajstić information content (AvgIpc) is 2.68. The van der Waals surface area contributed by atoms with Crippen LogP contribution in [0.5, 0.6) is 0 Å². The molecule has 0 aliphatic carbocycles. The van der Waals surface area contributed by atoms with Crippen LogP contribution in [0.1, 0.15) is 25.6 Å². The molecule has 0 radical (unpaired) electrons. The molecular formula is C12H21BrN2O3. The number of methoxy groups -OCH3 is 2. The van der Waals surface area contributed by atoms with Gasteiger partial charge in [-0.3, -0.25) is 4.68 Å². The van der Waals surface area contributed by atoms with Crippen molar-refractivity contribution in [3.63, 3.8) is 0 Å². The molecule has 0 amide bonds. The monoisotopic (exact) mass is 320 g/mol. The molecule has 0 saturated heterocycles. The van der Waals surface area contributed by atoms with Crippen molar-refractivity contribution in [2.24, 2.45) is 5.92 Å². The van der Waals surface area contributed by atoms with Crippen molar-refractivity contribution in [1.29, 1.82) is 0 Å². The minimum atomic E-state index is -0.719. The van der Waals surface area contributed by atoms with Crippen LogP contribution in [-0.4, -0.2) is 41.8 Å². The first-order chi connectivity index (χ1) is 8.52. The van der Waals surface area contributed by atoms with Gasteiger partial charge in [-0.1, -0.05) is 13.8 Å². The molecule has 2 unspecified atom stereocenters. The van der Waals surface area contributed by atoms with E-state index in [1.165, 1.54) is 0 Å². The van der Waals surface area contributed by atoms with E-state index in [1.807, 2.05) is 13.8 Å². The van der Waals surface area contributed by atoms with E-state index in [4.69, 9.17) is 9.47 Å². The fourth-order valence-electron chi connectivity index (χ4n) is 1.94. The number of aromatic nitrogens is 2. The van der Waals surface area contributed by atoms with E-state index in [0.29, 0.717) is 13.2 Å². The van der Waals surface area contributed by atoms with Gasteiger partial charge in [-0.05, 0) is 21.8 Å². The van der Waals surface area contributed by atoms with Gasteiger partial charge < -0.3 is 14.6 Å². The van der Waals surface area contributed by atoms with Gasteiger partial charge in [0.15, 0.2) is 0 Å². The SMILES string of the molecule is COCCn1ncc(Br)c1C(O)C(OC)C(C)C. The lowest BCUT2D eigenvalue weighted by atomic mass is 9.99. The van der Waals surface area contributed by atoms with Crippen LogP contribution in [0, 0.1) is 5.92 Å². The van der Waals surface area contributed by atoms with E-state index in [1.54, 1.807) is 25.1 Å². The molecule has 1 N–H and O–H groups in total. The van der Waals surface area contributed by atoms with Crippen molar-refractivity contribution in [2.45, 2.75) is 32.6 Å². The Morgan fingerprint density at radius 2 is 2.11 bits per heavy atom. The van der Waals surface area contributed by atoms with Gasteiger partial charge in [0.25, 0.3) is 0 Å². The second-order valence-electron chi connectivity index (χ2n) is 4.48. The first kappa shape index (κ1) is 15.6. The smallest absolute Gasteiger partial charge is 0.123 e. The van der Waals surface area contributed by atoms with E-state index in [-0.39, 0.29) is 12.0 Å². The van der Waals surface area contributed by atoms with Gasteiger partial charge >= 0.3 is 0 Å². The van der Waals surface area contributed by atoms with Crippen molar-refractivity contribution < 1.29 is 14.6 Å². The number of halogens is 1. The van der Waals surface area contributed by atoms with E-state index in [0.717, 1.165) is 10.2 Å². The molecule has 104 valence electrons. The highest BCUT2D eigenvalue weighted by Crippen LogP contribution is 2.29. The third-order valence-corrected chi connectivity index (χ3v) is 3.47. The lowest BCUT2D eigenvalue weighted by Crippen LogP contribution is -2.29. The van der Waals surface area contributed by atoms with Crippen molar-refractivity contribution in [1.82, 2.24) is 9.78 Å². The van der Waals surface area contributed by atoms with Crippen LogP contribution in [0.4, 0.5) is 0 Å². The Morgan fingerprint density at radius 3 is 2.61 bits per heavy atom. The molecule has 1 aromatic rings. The number of rotatable bonds is 7. The molecule has 6 heteroatoms. The van der Waals surface area contributed by atoms with Gasteiger partial charge in [0.2, 0.25) is 0 Å². The van der Waals surface area contributed by atoms with E-state index in [2.05, 4.69) is 21.0 Å². The van der Waals surface area contributed by atoms with Crippen LogP contribution < -0.4 is 0 Å². The zero-order chi connectivity index (χ0) is 13.7. The highest BCUT2D eigenvalue weighted by Gasteiger charge is 2.28. The molecular weight excluding hydrogens is 300 g/mol. The minimum Gasteiger partial charge on any atom is -0.384 e. The number of ether oxygens (including phenoxy) is 2. The first-order valence-corrected chi connectivity index (χ1v) is 6.73. The van der Waals surface area contributed by atoms with Crippen LogP contribution in [0.25, 0.3) is 0 Å².